The van der Waals surface area contributed by atoms with Crippen molar-refractivity contribution in [1.82, 2.24) is 0 Å². The molecule has 122 valence electrons. The number of hydrogen-bond acceptors (Lipinski definition) is 4. The zero-order valence-corrected chi connectivity index (χ0v) is 15.1. The largest absolute Gasteiger partial charge is 0.382 e. The molecule has 2 rings (SSSR count). The van der Waals surface area contributed by atoms with Crippen molar-refractivity contribution >= 4 is 22.7 Å². The lowest BCUT2D eigenvalue weighted by molar-refractivity contribution is 0.124. The van der Waals surface area contributed by atoms with Crippen molar-refractivity contribution in [3.05, 3.63) is 44.8 Å². The second-order valence-electron chi connectivity index (χ2n) is 5.22. The van der Waals surface area contributed by atoms with Crippen LogP contribution in [0.3, 0.4) is 0 Å². The van der Waals surface area contributed by atoms with E-state index >= 15 is 0 Å². The molecule has 0 saturated carbocycles. The van der Waals surface area contributed by atoms with Gasteiger partial charge in [0.25, 0.3) is 0 Å². The molecule has 0 radical (unpaired) electrons. The molecule has 2 aromatic heterocycles. The van der Waals surface area contributed by atoms with E-state index in [0.29, 0.717) is 11.8 Å². The van der Waals surface area contributed by atoms with E-state index in [4.69, 9.17) is 9.47 Å². The van der Waals surface area contributed by atoms with Crippen LogP contribution in [0, 0.1) is 0 Å². The van der Waals surface area contributed by atoms with Crippen LogP contribution in [0.2, 0.25) is 0 Å². The van der Waals surface area contributed by atoms with E-state index in [0.717, 1.165) is 39.3 Å². The van der Waals surface area contributed by atoms with Crippen molar-refractivity contribution in [3.63, 3.8) is 0 Å². The van der Waals surface area contributed by atoms with Gasteiger partial charge in [-0.15, -0.1) is 22.7 Å². The Hall–Kier alpha value is -0.680. The highest BCUT2D eigenvalue weighted by atomic mass is 32.1. The van der Waals surface area contributed by atoms with Gasteiger partial charge in [-0.05, 0) is 49.6 Å². The minimum absolute atomic E-state index is 0.519. The van der Waals surface area contributed by atoms with Crippen molar-refractivity contribution < 1.29 is 9.47 Å². The maximum Gasteiger partial charge on any atom is 0.0472 e. The van der Waals surface area contributed by atoms with Gasteiger partial charge in [0, 0.05) is 48.0 Å². The smallest absolute Gasteiger partial charge is 0.0472 e. The van der Waals surface area contributed by atoms with Gasteiger partial charge in [-0.25, -0.2) is 0 Å². The first-order chi connectivity index (χ1) is 10.9. The Labute approximate surface area is 142 Å². The van der Waals surface area contributed by atoms with Crippen molar-refractivity contribution in [3.8, 4) is 0 Å². The maximum atomic E-state index is 5.63. The summed E-state index contributed by atoms with van der Waals surface area (Å²) in [7, 11) is 0. The lowest BCUT2D eigenvalue weighted by atomic mass is 9.85. The Kier molecular flexibility index (Phi) is 8.16. The summed E-state index contributed by atoms with van der Waals surface area (Å²) in [5, 5.41) is 4.36. The third-order valence-corrected chi connectivity index (χ3v) is 5.87. The molecular weight excluding hydrogens is 312 g/mol. The average molecular weight is 339 g/mol. The van der Waals surface area contributed by atoms with Gasteiger partial charge < -0.3 is 9.47 Å². The predicted octanol–water partition coefficient (Wildman–Crippen LogP) is 5.53. The summed E-state index contributed by atoms with van der Waals surface area (Å²) in [5.74, 6) is 1.04. The molecule has 0 fully saturated rings. The molecule has 0 spiro atoms. The monoisotopic (exact) mass is 338 g/mol. The normalized spacial score (nSPS) is 14.1. The highest BCUT2D eigenvalue weighted by molar-refractivity contribution is 7.10. The topological polar surface area (TPSA) is 18.5 Å². The molecule has 2 heterocycles. The van der Waals surface area contributed by atoms with Crippen molar-refractivity contribution in [2.75, 3.05) is 26.4 Å². The molecule has 0 aliphatic carbocycles. The first kappa shape index (κ1) is 17.7. The number of hydrogen-bond donors (Lipinski definition) is 0. The molecule has 2 nitrogen and oxygen atoms in total. The van der Waals surface area contributed by atoms with Crippen LogP contribution in [-0.4, -0.2) is 26.4 Å². The van der Waals surface area contributed by atoms with Crippen LogP contribution < -0.4 is 0 Å². The SMILES string of the molecule is CCOCCC(c1cccs1)C(CCOCC)c1cccs1. The van der Waals surface area contributed by atoms with Gasteiger partial charge >= 0.3 is 0 Å². The molecule has 0 aliphatic heterocycles. The van der Waals surface area contributed by atoms with E-state index in [9.17, 15) is 0 Å². The maximum absolute atomic E-state index is 5.63. The minimum atomic E-state index is 0.519. The summed E-state index contributed by atoms with van der Waals surface area (Å²) < 4.78 is 11.3. The molecule has 0 bridgehead atoms. The Morgan fingerprint density at radius 2 is 1.27 bits per heavy atom. The van der Waals surface area contributed by atoms with E-state index in [1.807, 2.05) is 22.7 Å². The van der Waals surface area contributed by atoms with Crippen LogP contribution in [0.15, 0.2) is 35.0 Å². The van der Waals surface area contributed by atoms with E-state index in [2.05, 4.69) is 48.9 Å². The Bertz CT molecular complexity index is 433. The van der Waals surface area contributed by atoms with Gasteiger partial charge in [0.15, 0.2) is 0 Å². The molecule has 0 amide bonds. The Balaban J connectivity index is 2.14. The summed E-state index contributed by atoms with van der Waals surface area (Å²) in [6.07, 6.45) is 2.14. The quantitative estimate of drug-likeness (QED) is 0.502. The summed E-state index contributed by atoms with van der Waals surface area (Å²) in [6.45, 7) is 7.36. The van der Waals surface area contributed by atoms with Gasteiger partial charge in [-0.2, -0.15) is 0 Å². The van der Waals surface area contributed by atoms with Crippen LogP contribution in [0.25, 0.3) is 0 Å². The van der Waals surface area contributed by atoms with Crippen LogP contribution in [-0.2, 0) is 9.47 Å². The molecule has 0 aliphatic rings. The summed E-state index contributed by atoms with van der Waals surface area (Å²) in [4.78, 5) is 2.93. The average Bonchev–Trinajstić information content (AvgIpc) is 3.22. The summed E-state index contributed by atoms with van der Waals surface area (Å²) in [5.41, 5.74) is 0. The molecule has 4 heteroatoms. The van der Waals surface area contributed by atoms with E-state index in [1.54, 1.807) is 0 Å². The predicted molar refractivity (Wildman–Crippen MR) is 96.3 cm³/mol. The lowest BCUT2D eigenvalue weighted by Crippen LogP contribution is -2.14. The standard InChI is InChI=1S/C18H26O2S2/c1-3-19-11-9-15(17-7-5-13-21-17)16(10-12-20-4-2)18-8-6-14-22-18/h5-8,13-16H,3-4,9-12H2,1-2H3. The Morgan fingerprint density at radius 3 is 1.59 bits per heavy atom. The molecule has 0 aromatic carbocycles. The number of ether oxygens (including phenoxy) is 2. The summed E-state index contributed by atoms with van der Waals surface area (Å²) in [6, 6.07) is 8.84. The first-order valence-corrected chi connectivity index (χ1v) is 9.85. The van der Waals surface area contributed by atoms with Gasteiger partial charge in [-0.1, -0.05) is 12.1 Å². The van der Waals surface area contributed by atoms with Crippen molar-refractivity contribution in [1.29, 1.82) is 0 Å². The van der Waals surface area contributed by atoms with Gasteiger partial charge in [-0.3, -0.25) is 0 Å². The molecule has 2 aromatic rings. The highest BCUT2D eigenvalue weighted by Crippen LogP contribution is 2.41. The molecular formula is C18H26O2S2. The van der Waals surface area contributed by atoms with Crippen LogP contribution in [0.4, 0.5) is 0 Å². The molecule has 2 unspecified atom stereocenters. The van der Waals surface area contributed by atoms with Gasteiger partial charge in [0.2, 0.25) is 0 Å². The second kappa shape index (κ2) is 10.2. The zero-order valence-electron chi connectivity index (χ0n) is 13.5. The number of thiophene rings is 2. The van der Waals surface area contributed by atoms with Crippen molar-refractivity contribution in [2.45, 2.75) is 38.5 Å². The van der Waals surface area contributed by atoms with E-state index < -0.39 is 0 Å². The van der Waals surface area contributed by atoms with Crippen LogP contribution >= 0.6 is 22.7 Å². The summed E-state index contributed by atoms with van der Waals surface area (Å²) >= 11 is 3.72. The van der Waals surface area contributed by atoms with E-state index in [1.165, 1.54) is 9.75 Å². The fourth-order valence-corrected chi connectivity index (χ4v) is 4.65. The Morgan fingerprint density at radius 1 is 0.818 bits per heavy atom. The van der Waals surface area contributed by atoms with Gasteiger partial charge in [0.1, 0.15) is 0 Å². The molecule has 2 atom stereocenters. The third kappa shape index (κ3) is 5.20. The fraction of sp³-hybridized carbons (Fsp3) is 0.556. The highest BCUT2D eigenvalue weighted by Gasteiger charge is 2.26. The minimum Gasteiger partial charge on any atom is -0.382 e. The fourth-order valence-electron chi connectivity index (χ4n) is 2.80. The van der Waals surface area contributed by atoms with Crippen LogP contribution in [0.1, 0.15) is 48.3 Å². The lowest BCUT2D eigenvalue weighted by Gasteiger charge is -2.26. The van der Waals surface area contributed by atoms with Crippen molar-refractivity contribution in [2.24, 2.45) is 0 Å². The first-order valence-electron chi connectivity index (χ1n) is 8.09. The zero-order chi connectivity index (χ0) is 15.6. The number of rotatable bonds is 11. The molecule has 22 heavy (non-hydrogen) atoms. The third-order valence-electron chi connectivity index (χ3n) is 3.86. The van der Waals surface area contributed by atoms with Crippen LogP contribution in [0.5, 0.6) is 0 Å². The van der Waals surface area contributed by atoms with E-state index in [-0.39, 0.29) is 0 Å². The molecule has 0 N–H and O–H groups in total. The molecule has 0 saturated heterocycles. The van der Waals surface area contributed by atoms with Gasteiger partial charge in [0.05, 0.1) is 0 Å². The second-order valence-corrected chi connectivity index (χ2v) is 7.17.